The molecular formula is C12H24O2. The largest absolute Gasteiger partial charge is 0.387 e. The second-order valence-electron chi connectivity index (χ2n) is 5.12. The molecule has 0 bridgehead atoms. The lowest BCUT2D eigenvalue weighted by Gasteiger charge is -2.27. The van der Waals surface area contributed by atoms with Crippen LogP contribution in [0.4, 0.5) is 0 Å². The third-order valence-electron chi connectivity index (χ3n) is 3.13. The lowest BCUT2D eigenvalue weighted by molar-refractivity contribution is -0.0729. The lowest BCUT2D eigenvalue weighted by atomic mass is 9.95. The minimum Gasteiger partial charge on any atom is -0.387 e. The van der Waals surface area contributed by atoms with Crippen LogP contribution in [0.15, 0.2) is 0 Å². The second-order valence-corrected chi connectivity index (χ2v) is 5.12. The van der Waals surface area contributed by atoms with Gasteiger partial charge < -0.3 is 9.84 Å². The van der Waals surface area contributed by atoms with Crippen LogP contribution in [-0.2, 0) is 4.74 Å². The topological polar surface area (TPSA) is 29.5 Å². The van der Waals surface area contributed by atoms with Gasteiger partial charge in [0.2, 0.25) is 0 Å². The Balaban J connectivity index is 2.38. The molecule has 0 saturated heterocycles. The number of hydrogen-bond acceptors (Lipinski definition) is 2. The zero-order valence-corrected chi connectivity index (χ0v) is 9.75. The maximum Gasteiger partial charge on any atom is 0.0880 e. The highest BCUT2D eigenvalue weighted by Gasteiger charge is 2.30. The van der Waals surface area contributed by atoms with Gasteiger partial charge in [-0.2, -0.15) is 0 Å². The molecule has 0 spiro atoms. The highest BCUT2D eigenvalue weighted by molar-refractivity contribution is 4.82. The summed E-state index contributed by atoms with van der Waals surface area (Å²) >= 11 is 0. The number of rotatable bonds is 3. The summed E-state index contributed by atoms with van der Waals surface area (Å²) in [6, 6.07) is 0. The summed E-state index contributed by atoms with van der Waals surface area (Å²) in [6.07, 6.45) is 5.56. The molecule has 0 aromatic heterocycles. The van der Waals surface area contributed by atoms with Crippen LogP contribution in [0.2, 0.25) is 0 Å². The molecule has 2 atom stereocenters. The quantitative estimate of drug-likeness (QED) is 0.710. The van der Waals surface area contributed by atoms with Gasteiger partial charge in [0.05, 0.1) is 18.3 Å². The first-order chi connectivity index (χ1) is 6.52. The van der Waals surface area contributed by atoms with E-state index in [-0.39, 0.29) is 6.10 Å². The summed E-state index contributed by atoms with van der Waals surface area (Å²) in [5.41, 5.74) is -0.547. The van der Waals surface area contributed by atoms with Crippen molar-refractivity contribution < 1.29 is 9.84 Å². The van der Waals surface area contributed by atoms with Crippen molar-refractivity contribution in [2.75, 3.05) is 6.61 Å². The van der Waals surface area contributed by atoms with Crippen LogP contribution >= 0.6 is 0 Å². The molecule has 84 valence electrons. The fraction of sp³-hybridized carbons (Fsp3) is 1.00. The van der Waals surface area contributed by atoms with E-state index >= 15 is 0 Å². The van der Waals surface area contributed by atoms with Gasteiger partial charge in [-0.25, -0.2) is 0 Å². The van der Waals surface area contributed by atoms with Crippen LogP contribution in [0, 0.1) is 5.92 Å². The molecule has 0 amide bonds. The highest BCUT2D eigenvalue weighted by Crippen LogP contribution is 2.30. The normalized spacial score (nSPS) is 34.5. The van der Waals surface area contributed by atoms with Crippen molar-refractivity contribution in [1.29, 1.82) is 0 Å². The van der Waals surface area contributed by atoms with Gasteiger partial charge >= 0.3 is 0 Å². The SMILES string of the molecule is CC1CCCC(O)(COC(C)C)CC1. The maximum atomic E-state index is 10.3. The fourth-order valence-electron chi connectivity index (χ4n) is 2.03. The molecular weight excluding hydrogens is 176 g/mol. The van der Waals surface area contributed by atoms with Gasteiger partial charge in [-0.1, -0.05) is 19.8 Å². The van der Waals surface area contributed by atoms with Crippen molar-refractivity contribution in [3.63, 3.8) is 0 Å². The lowest BCUT2D eigenvalue weighted by Crippen LogP contribution is -2.35. The van der Waals surface area contributed by atoms with E-state index in [0.717, 1.165) is 31.6 Å². The van der Waals surface area contributed by atoms with Gasteiger partial charge in [0.25, 0.3) is 0 Å². The molecule has 1 aliphatic rings. The Morgan fingerprint density at radius 2 is 2.07 bits per heavy atom. The maximum absolute atomic E-state index is 10.3. The summed E-state index contributed by atoms with van der Waals surface area (Å²) in [7, 11) is 0. The van der Waals surface area contributed by atoms with Gasteiger partial charge in [0.1, 0.15) is 0 Å². The van der Waals surface area contributed by atoms with Crippen molar-refractivity contribution in [3.05, 3.63) is 0 Å². The molecule has 0 heterocycles. The zero-order chi connectivity index (χ0) is 10.6. The first-order valence-corrected chi connectivity index (χ1v) is 5.86. The first kappa shape index (κ1) is 12.0. The molecule has 1 aliphatic carbocycles. The molecule has 1 saturated carbocycles. The van der Waals surface area contributed by atoms with Crippen molar-refractivity contribution >= 4 is 0 Å². The minimum atomic E-state index is -0.547. The Bertz CT molecular complexity index is 168. The Labute approximate surface area is 87.7 Å². The van der Waals surface area contributed by atoms with Crippen molar-refractivity contribution in [1.82, 2.24) is 0 Å². The Hall–Kier alpha value is -0.0800. The Morgan fingerprint density at radius 3 is 2.71 bits per heavy atom. The average molecular weight is 200 g/mol. The first-order valence-electron chi connectivity index (χ1n) is 5.86. The second kappa shape index (κ2) is 5.13. The zero-order valence-electron chi connectivity index (χ0n) is 9.75. The third-order valence-corrected chi connectivity index (χ3v) is 3.13. The van der Waals surface area contributed by atoms with Crippen LogP contribution in [0.1, 0.15) is 52.9 Å². The minimum absolute atomic E-state index is 0.222. The van der Waals surface area contributed by atoms with E-state index in [4.69, 9.17) is 4.74 Å². The average Bonchev–Trinajstić information content (AvgIpc) is 2.27. The molecule has 2 heteroatoms. The molecule has 0 aliphatic heterocycles. The van der Waals surface area contributed by atoms with E-state index in [1.165, 1.54) is 6.42 Å². The van der Waals surface area contributed by atoms with Gasteiger partial charge in [-0.15, -0.1) is 0 Å². The van der Waals surface area contributed by atoms with Gasteiger partial charge in [-0.3, -0.25) is 0 Å². The van der Waals surface area contributed by atoms with Gasteiger partial charge in [0.15, 0.2) is 0 Å². The van der Waals surface area contributed by atoms with E-state index in [1.54, 1.807) is 0 Å². The molecule has 0 aromatic rings. The summed E-state index contributed by atoms with van der Waals surface area (Å²) in [6.45, 7) is 6.82. The van der Waals surface area contributed by atoms with Crippen molar-refractivity contribution in [2.24, 2.45) is 5.92 Å². The molecule has 1 fully saturated rings. The summed E-state index contributed by atoms with van der Waals surface area (Å²) < 4.78 is 5.53. The van der Waals surface area contributed by atoms with Crippen LogP contribution < -0.4 is 0 Å². The fourth-order valence-corrected chi connectivity index (χ4v) is 2.03. The predicted octanol–water partition coefficient (Wildman–Crippen LogP) is 2.74. The number of ether oxygens (including phenoxy) is 1. The number of aliphatic hydroxyl groups is 1. The van der Waals surface area contributed by atoms with E-state index in [0.29, 0.717) is 6.61 Å². The van der Waals surface area contributed by atoms with Crippen LogP contribution in [0.25, 0.3) is 0 Å². The summed E-state index contributed by atoms with van der Waals surface area (Å²) in [5, 5.41) is 10.3. The molecule has 1 rings (SSSR count). The Kier molecular flexibility index (Phi) is 4.39. The van der Waals surface area contributed by atoms with E-state index in [9.17, 15) is 5.11 Å². The molecule has 2 nitrogen and oxygen atoms in total. The predicted molar refractivity (Wildman–Crippen MR) is 58.3 cm³/mol. The Morgan fingerprint density at radius 1 is 1.36 bits per heavy atom. The molecule has 1 N–H and O–H groups in total. The van der Waals surface area contributed by atoms with Crippen LogP contribution in [0.5, 0.6) is 0 Å². The van der Waals surface area contributed by atoms with Crippen LogP contribution in [-0.4, -0.2) is 23.4 Å². The molecule has 14 heavy (non-hydrogen) atoms. The smallest absolute Gasteiger partial charge is 0.0880 e. The third kappa shape index (κ3) is 3.97. The molecule has 0 radical (unpaired) electrons. The number of hydrogen-bond donors (Lipinski definition) is 1. The van der Waals surface area contributed by atoms with E-state index in [1.807, 2.05) is 13.8 Å². The van der Waals surface area contributed by atoms with Gasteiger partial charge in [0, 0.05) is 0 Å². The van der Waals surface area contributed by atoms with E-state index < -0.39 is 5.60 Å². The standard InChI is InChI=1S/C12H24O2/c1-10(2)14-9-12(13)7-4-5-11(3)6-8-12/h10-11,13H,4-9H2,1-3H3. The summed E-state index contributed by atoms with van der Waals surface area (Å²) in [5.74, 6) is 0.767. The highest BCUT2D eigenvalue weighted by atomic mass is 16.5. The molecule has 2 unspecified atom stereocenters. The van der Waals surface area contributed by atoms with Crippen molar-refractivity contribution in [2.45, 2.75) is 64.6 Å². The van der Waals surface area contributed by atoms with Gasteiger partial charge in [-0.05, 0) is 39.0 Å². The van der Waals surface area contributed by atoms with Crippen LogP contribution in [0.3, 0.4) is 0 Å². The molecule has 0 aromatic carbocycles. The summed E-state index contributed by atoms with van der Waals surface area (Å²) in [4.78, 5) is 0. The van der Waals surface area contributed by atoms with E-state index in [2.05, 4.69) is 6.92 Å². The van der Waals surface area contributed by atoms with Crippen molar-refractivity contribution in [3.8, 4) is 0 Å². The monoisotopic (exact) mass is 200 g/mol.